The SMILES string of the molecule is CCCNc1cc(NCC2(C)CCCCC2)nc(N)n1. The third-order valence-corrected chi connectivity index (χ3v) is 4.06. The highest BCUT2D eigenvalue weighted by Crippen LogP contribution is 2.35. The highest BCUT2D eigenvalue weighted by molar-refractivity contribution is 5.51. The summed E-state index contributed by atoms with van der Waals surface area (Å²) in [6, 6.07) is 1.94. The Morgan fingerprint density at radius 2 is 1.80 bits per heavy atom. The minimum atomic E-state index is 0.322. The van der Waals surface area contributed by atoms with Crippen molar-refractivity contribution in [2.45, 2.75) is 52.4 Å². The topological polar surface area (TPSA) is 75.9 Å². The van der Waals surface area contributed by atoms with Crippen LogP contribution in [0.1, 0.15) is 52.4 Å². The van der Waals surface area contributed by atoms with Gasteiger partial charge in [0.05, 0.1) is 0 Å². The van der Waals surface area contributed by atoms with E-state index in [2.05, 4.69) is 34.4 Å². The summed E-state index contributed by atoms with van der Waals surface area (Å²) in [5, 5.41) is 6.69. The second kappa shape index (κ2) is 6.77. The van der Waals surface area contributed by atoms with Crippen molar-refractivity contribution in [3.63, 3.8) is 0 Å². The standard InChI is InChI=1S/C15H27N5/c1-3-9-17-12-10-13(20-14(16)19-12)18-11-15(2)7-5-4-6-8-15/h10H,3-9,11H2,1-2H3,(H4,16,17,18,19,20). The van der Waals surface area contributed by atoms with Gasteiger partial charge in [-0.05, 0) is 24.7 Å². The van der Waals surface area contributed by atoms with Crippen LogP contribution in [0.4, 0.5) is 17.6 Å². The fourth-order valence-corrected chi connectivity index (χ4v) is 2.79. The first-order valence-corrected chi connectivity index (χ1v) is 7.74. The van der Waals surface area contributed by atoms with Gasteiger partial charge in [-0.2, -0.15) is 9.97 Å². The minimum absolute atomic E-state index is 0.322. The van der Waals surface area contributed by atoms with Crippen LogP contribution in [0.5, 0.6) is 0 Å². The number of hydrogen-bond acceptors (Lipinski definition) is 5. The average Bonchev–Trinajstić information content (AvgIpc) is 2.43. The van der Waals surface area contributed by atoms with Gasteiger partial charge in [0.15, 0.2) is 0 Å². The average molecular weight is 277 g/mol. The maximum absolute atomic E-state index is 5.77. The van der Waals surface area contributed by atoms with E-state index in [1.807, 2.05) is 6.07 Å². The number of nitrogens with two attached hydrogens (primary N) is 1. The van der Waals surface area contributed by atoms with Crippen molar-refractivity contribution in [3.05, 3.63) is 6.07 Å². The summed E-state index contributed by atoms with van der Waals surface area (Å²) >= 11 is 0. The molecule has 1 aliphatic carbocycles. The molecule has 1 aliphatic rings. The van der Waals surface area contributed by atoms with E-state index < -0.39 is 0 Å². The van der Waals surface area contributed by atoms with Crippen LogP contribution in [0, 0.1) is 5.41 Å². The van der Waals surface area contributed by atoms with Gasteiger partial charge in [0, 0.05) is 19.2 Å². The molecular formula is C15H27N5. The van der Waals surface area contributed by atoms with Crippen LogP contribution in [0.15, 0.2) is 6.07 Å². The first-order chi connectivity index (χ1) is 9.61. The van der Waals surface area contributed by atoms with Gasteiger partial charge in [-0.3, -0.25) is 0 Å². The van der Waals surface area contributed by atoms with E-state index in [1.54, 1.807) is 0 Å². The first kappa shape index (κ1) is 14.9. The van der Waals surface area contributed by atoms with E-state index in [0.29, 0.717) is 11.4 Å². The van der Waals surface area contributed by atoms with E-state index in [4.69, 9.17) is 5.73 Å². The Hall–Kier alpha value is -1.52. The van der Waals surface area contributed by atoms with Crippen LogP contribution >= 0.6 is 0 Å². The lowest BCUT2D eigenvalue weighted by atomic mass is 9.76. The lowest BCUT2D eigenvalue weighted by molar-refractivity contribution is 0.233. The molecule has 0 atom stereocenters. The number of aromatic nitrogens is 2. The van der Waals surface area contributed by atoms with E-state index in [9.17, 15) is 0 Å². The highest BCUT2D eigenvalue weighted by Gasteiger charge is 2.26. The summed E-state index contributed by atoms with van der Waals surface area (Å²) in [6.45, 7) is 6.34. The second-order valence-corrected chi connectivity index (χ2v) is 6.15. The normalized spacial score (nSPS) is 17.7. The molecule has 1 fully saturated rings. The summed E-state index contributed by atoms with van der Waals surface area (Å²) in [5.74, 6) is 1.95. The molecule has 4 N–H and O–H groups in total. The van der Waals surface area contributed by atoms with Crippen LogP contribution in [0.2, 0.25) is 0 Å². The molecule has 1 aromatic heterocycles. The fraction of sp³-hybridized carbons (Fsp3) is 0.733. The van der Waals surface area contributed by atoms with E-state index in [1.165, 1.54) is 32.1 Å². The Labute approximate surface area is 121 Å². The molecular weight excluding hydrogens is 250 g/mol. The molecule has 0 spiro atoms. The third kappa shape index (κ3) is 4.25. The van der Waals surface area contributed by atoms with Crippen LogP contribution in [0.3, 0.4) is 0 Å². The van der Waals surface area contributed by atoms with E-state index in [-0.39, 0.29) is 0 Å². The Balaban J connectivity index is 1.96. The molecule has 0 bridgehead atoms. The highest BCUT2D eigenvalue weighted by atomic mass is 15.1. The molecule has 0 aromatic carbocycles. The molecule has 0 saturated heterocycles. The largest absolute Gasteiger partial charge is 0.370 e. The summed E-state index contributed by atoms with van der Waals surface area (Å²) < 4.78 is 0. The summed E-state index contributed by atoms with van der Waals surface area (Å²) in [4.78, 5) is 8.47. The quantitative estimate of drug-likeness (QED) is 0.744. The molecule has 0 amide bonds. The number of anilines is 3. The molecule has 2 rings (SSSR count). The number of nitrogen functional groups attached to an aromatic ring is 1. The molecule has 20 heavy (non-hydrogen) atoms. The number of hydrogen-bond donors (Lipinski definition) is 3. The second-order valence-electron chi connectivity index (χ2n) is 6.15. The van der Waals surface area contributed by atoms with Crippen molar-refractivity contribution in [2.24, 2.45) is 5.41 Å². The van der Waals surface area contributed by atoms with Gasteiger partial charge in [-0.25, -0.2) is 0 Å². The lowest BCUT2D eigenvalue weighted by Crippen LogP contribution is -2.29. The molecule has 0 unspecified atom stereocenters. The van der Waals surface area contributed by atoms with Crippen molar-refractivity contribution in [1.29, 1.82) is 0 Å². The van der Waals surface area contributed by atoms with Crippen molar-refractivity contribution in [2.75, 3.05) is 29.5 Å². The Morgan fingerprint density at radius 1 is 1.15 bits per heavy atom. The van der Waals surface area contributed by atoms with Crippen LogP contribution in [-0.4, -0.2) is 23.1 Å². The van der Waals surface area contributed by atoms with Crippen molar-refractivity contribution < 1.29 is 0 Å². The van der Waals surface area contributed by atoms with Crippen molar-refractivity contribution in [1.82, 2.24) is 9.97 Å². The number of nitrogens with zero attached hydrogens (tertiary/aromatic N) is 2. The van der Waals surface area contributed by atoms with Gasteiger partial charge < -0.3 is 16.4 Å². The predicted molar refractivity (Wildman–Crippen MR) is 84.9 cm³/mol. The maximum Gasteiger partial charge on any atom is 0.223 e. The van der Waals surface area contributed by atoms with Gasteiger partial charge in [-0.15, -0.1) is 0 Å². The van der Waals surface area contributed by atoms with Crippen LogP contribution in [0.25, 0.3) is 0 Å². The van der Waals surface area contributed by atoms with E-state index in [0.717, 1.165) is 31.1 Å². The Morgan fingerprint density at radius 3 is 2.45 bits per heavy atom. The molecule has 0 radical (unpaired) electrons. The summed E-state index contributed by atoms with van der Waals surface area (Å²) in [6.07, 6.45) is 7.70. The predicted octanol–water partition coefficient (Wildman–Crippen LogP) is 3.26. The van der Waals surface area contributed by atoms with Crippen molar-refractivity contribution in [3.8, 4) is 0 Å². The maximum atomic E-state index is 5.77. The molecule has 5 nitrogen and oxygen atoms in total. The van der Waals surface area contributed by atoms with Gasteiger partial charge in [0.25, 0.3) is 0 Å². The van der Waals surface area contributed by atoms with Gasteiger partial charge in [-0.1, -0.05) is 33.1 Å². The number of nitrogens with one attached hydrogen (secondary N) is 2. The molecule has 1 aromatic rings. The van der Waals surface area contributed by atoms with Crippen LogP contribution < -0.4 is 16.4 Å². The fourth-order valence-electron chi connectivity index (χ4n) is 2.79. The minimum Gasteiger partial charge on any atom is -0.370 e. The zero-order valence-electron chi connectivity index (χ0n) is 12.7. The van der Waals surface area contributed by atoms with Gasteiger partial charge in [0.1, 0.15) is 11.6 Å². The van der Waals surface area contributed by atoms with Gasteiger partial charge >= 0.3 is 0 Å². The lowest BCUT2D eigenvalue weighted by Gasteiger charge is -2.33. The molecule has 1 heterocycles. The molecule has 0 aliphatic heterocycles. The summed E-state index contributed by atoms with van der Waals surface area (Å²) in [7, 11) is 0. The first-order valence-electron chi connectivity index (χ1n) is 7.74. The smallest absolute Gasteiger partial charge is 0.223 e. The molecule has 1 saturated carbocycles. The number of rotatable bonds is 6. The monoisotopic (exact) mass is 277 g/mol. The zero-order valence-corrected chi connectivity index (χ0v) is 12.7. The summed E-state index contributed by atoms with van der Waals surface area (Å²) in [5.41, 5.74) is 6.15. The van der Waals surface area contributed by atoms with E-state index >= 15 is 0 Å². The molecule has 5 heteroatoms. The van der Waals surface area contributed by atoms with Crippen molar-refractivity contribution >= 4 is 17.6 Å². The molecule has 112 valence electrons. The zero-order chi connectivity index (χ0) is 14.4. The Bertz CT molecular complexity index is 426. The third-order valence-electron chi connectivity index (χ3n) is 4.06. The Kier molecular flexibility index (Phi) is 5.04. The van der Waals surface area contributed by atoms with Crippen LogP contribution in [-0.2, 0) is 0 Å². The van der Waals surface area contributed by atoms with Gasteiger partial charge in [0.2, 0.25) is 5.95 Å².